The zero-order valence-corrected chi connectivity index (χ0v) is 16.7. The Balaban J connectivity index is 1.84. The standard InChI is InChI=1S/C27H26/c1-17-9-5-7-11-20(17)22-16-23-25(15-18(22)2)27(3,4)24-14-13-19-10-6-8-12-21(19)26(23)24/h5,7-9,11-16H,6,10H2,1-4H3. The van der Waals surface area contributed by atoms with Crippen LogP contribution >= 0.6 is 0 Å². The van der Waals surface area contributed by atoms with Gasteiger partial charge in [0, 0.05) is 5.41 Å². The fraction of sp³-hybridized carbons (Fsp3) is 0.259. The largest absolute Gasteiger partial charge is 0.0836 e. The number of benzene rings is 3. The molecule has 134 valence electrons. The Morgan fingerprint density at radius 3 is 2.41 bits per heavy atom. The van der Waals surface area contributed by atoms with Crippen molar-refractivity contribution in [1.82, 2.24) is 0 Å². The van der Waals surface area contributed by atoms with Gasteiger partial charge in [-0.15, -0.1) is 0 Å². The number of allylic oxidation sites excluding steroid dienone is 1. The molecule has 0 spiro atoms. The van der Waals surface area contributed by atoms with Crippen LogP contribution in [0.25, 0.3) is 28.3 Å². The van der Waals surface area contributed by atoms with Gasteiger partial charge in [-0.05, 0) is 88.4 Å². The first-order valence-electron chi connectivity index (χ1n) is 10.0. The highest BCUT2D eigenvalue weighted by molar-refractivity contribution is 5.91. The van der Waals surface area contributed by atoms with Gasteiger partial charge in [0.15, 0.2) is 0 Å². The zero-order valence-electron chi connectivity index (χ0n) is 16.7. The van der Waals surface area contributed by atoms with Crippen molar-refractivity contribution in [3.63, 3.8) is 0 Å². The van der Waals surface area contributed by atoms with Crippen molar-refractivity contribution in [3.05, 3.63) is 88.0 Å². The summed E-state index contributed by atoms with van der Waals surface area (Å²) in [6.45, 7) is 9.23. The molecule has 0 aromatic heterocycles. The molecule has 0 heteroatoms. The molecule has 0 amide bonds. The first kappa shape index (κ1) is 16.6. The molecule has 2 aliphatic rings. The number of fused-ring (bicyclic) bond motifs is 5. The van der Waals surface area contributed by atoms with Crippen LogP contribution in [0.3, 0.4) is 0 Å². The second-order valence-electron chi connectivity index (χ2n) is 8.65. The number of hydrogen-bond donors (Lipinski definition) is 0. The third-order valence-electron chi connectivity index (χ3n) is 6.62. The molecule has 0 saturated heterocycles. The maximum atomic E-state index is 2.46. The number of hydrogen-bond acceptors (Lipinski definition) is 0. The van der Waals surface area contributed by atoms with E-state index in [1.807, 2.05) is 0 Å². The van der Waals surface area contributed by atoms with E-state index in [1.54, 1.807) is 0 Å². The van der Waals surface area contributed by atoms with E-state index in [9.17, 15) is 0 Å². The van der Waals surface area contributed by atoms with Crippen LogP contribution in [0, 0.1) is 13.8 Å². The van der Waals surface area contributed by atoms with Crippen LogP contribution < -0.4 is 0 Å². The van der Waals surface area contributed by atoms with Crippen molar-refractivity contribution in [3.8, 4) is 22.3 Å². The lowest BCUT2D eigenvalue weighted by Gasteiger charge is -2.23. The molecule has 0 fully saturated rings. The summed E-state index contributed by atoms with van der Waals surface area (Å²) < 4.78 is 0. The predicted molar refractivity (Wildman–Crippen MR) is 116 cm³/mol. The van der Waals surface area contributed by atoms with E-state index in [2.05, 4.69) is 88.4 Å². The van der Waals surface area contributed by atoms with Crippen molar-refractivity contribution in [2.24, 2.45) is 0 Å². The van der Waals surface area contributed by atoms with Gasteiger partial charge in [0.05, 0.1) is 0 Å². The van der Waals surface area contributed by atoms with Crippen LogP contribution in [0.2, 0.25) is 0 Å². The fourth-order valence-corrected chi connectivity index (χ4v) is 5.06. The number of rotatable bonds is 1. The Kier molecular flexibility index (Phi) is 3.49. The second-order valence-corrected chi connectivity index (χ2v) is 8.65. The molecule has 0 atom stereocenters. The average Bonchev–Trinajstić information content (AvgIpc) is 2.89. The summed E-state index contributed by atoms with van der Waals surface area (Å²) >= 11 is 0. The molecular weight excluding hydrogens is 324 g/mol. The van der Waals surface area contributed by atoms with Gasteiger partial charge in [-0.3, -0.25) is 0 Å². The quantitative estimate of drug-likeness (QED) is 0.434. The highest BCUT2D eigenvalue weighted by Crippen LogP contribution is 2.53. The Bertz CT molecular complexity index is 1110. The third kappa shape index (κ3) is 2.29. The summed E-state index contributed by atoms with van der Waals surface area (Å²) in [5, 5.41) is 0. The van der Waals surface area contributed by atoms with Gasteiger partial charge in [-0.1, -0.05) is 68.5 Å². The Morgan fingerprint density at radius 1 is 0.778 bits per heavy atom. The SMILES string of the molecule is Cc1ccccc1-c1cc2c(cc1C)C(C)(C)c1ccc3c(c1-2)C=CCC3. The van der Waals surface area contributed by atoms with Crippen LogP contribution in [0.5, 0.6) is 0 Å². The van der Waals surface area contributed by atoms with Gasteiger partial charge in [0.25, 0.3) is 0 Å². The summed E-state index contributed by atoms with van der Waals surface area (Å²) in [5.41, 5.74) is 14.3. The predicted octanol–water partition coefficient (Wildman–Crippen LogP) is 7.24. The van der Waals surface area contributed by atoms with Crippen molar-refractivity contribution in [1.29, 1.82) is 0 Å². The smallest absolute Gasteiger partial charge is 0.0159 e. The highest BCUT2D eigenvalue weighted by Gasteiger charge is 2.37. The second kappa shape index (κ2) is 5.70. The summed E-state index contributed by atoms with van der Waals surface area (Å²) in [7, 11) is 0. The highest BCUT2D eigenvalue weighted by atomic mass is 14.4. The topological polar surface area (TPSA) is 0 Å². The third-order valence-corrected chi connectivity index (χ3v) is 6.62. The van der Waals surface area contributed by atoms with Crippen molar-refractivity contribution in [2.45, 2.75) is 46.0 Å². The van der Waals surface area contributed by atoms with Gasteiger partial charge in [0.1, 0.15) is 0 Å². The molecule has 5 rings (SSSR count). The minimum atomic E-state index is 0.0556. The molecule has 0 radical (unpaired) electrons. The average molecular weight is 351 g/mol. The minimum absolute atomic E-state index is 0.0556. The first-order chi connectivity index (χ1) is 13.0. The van der Waals surface area contributed by atoms with Gasteiger partial charge in [0.2, 0.25) is 0 Å². The molecule has 0 unspecified atom stereocenters. The Labute approximate surface area is 162 Å². The fourth-order valence-electron chi connectivity index (χ4n) is 5.06. The van der Waals surface area contributed by atoms with Crippen LogP contribution in [-0.4, -0.2) is 0 Å². The number of aryl methyl sites for hydroxylation is 3. The van der Waals surface area contributed by atoms with Gasteiger partial charge < -0.3 is 0 Å². The monoisotopic (exact) mass is 350 g/mol. The van der Waals surface area contributed by atoms with Crippen LogP contribution in [0.15, 0.2) is 54.6 Å². The van der Waals surface area contributed by atoms with E-state index in [0.29, 0.717) is 0 Å². The maximum absolute atomic E-state index is 2.46. The molecule has 3 aromatic rings. The zero-order chi connectivity index (χ0) is 18.8. The first-order valence-corrected chi connectivity index (χ1v) is 10.0. The molecule has 0 heterocycles. The van der Waals surface area contributed by atoms with Crippen molar-refractivity contribution in [2.75, 3.05) is 0 Å². The van der Waals surface area contributed by atoms with Crippen LogP contribution in [-0.2, 0) is 11.8 Å². The van der Waals surface area contributed by atoms with Crippen LogP contribution in [0.1, 0.15) is 53.6 Å². The lowest BCUT2D eigenvalue weighted by molar-refractivity contribution is 0.659. The van der Waals surface area contributed by atoms with E-state index in [1.165, 1.54) is 55.6 Å². The van der Waals surface area contributed by atoms with E-state index >= 15 is 0 Å². The van der Waals surface area contributed by atoms with Crippen LogP contribution in [0.4, 0.5) is 0 Å². The summed E-state index contributed by atoms with van der Waals surface area (Å²) in [4.78, 5) is 0. The maximum Gasteiger partial charge on any atom is 0.0159 e. The van der Waals surface area contributed by atoms with E-state index in [0.717, 1.165) is 12.8 Å². The molecule has 0 aliphatic heterocycles. The molecule has 0 bridgehead atoms. The summed E-state index contributed by atoms with van der Waals surface area (Å²) in [5.74, 6) is 0. The molecule has 0 saturated carbocycles. The summed E-state index contributed by atoms with van der Waals surface area (Å²) in [6.07, 6.45) is 7.01. The van der Waals surface area contributed by atoms with Gasteiger partial charge >= 0.3 is 0 Å². The van der Waals surface area contributed by atoms with Crippen molar-refractivity contribution >= 4 is 6.08 Å². The lowest BCUT2D eigenvalue weighted by atomic mass is 9.80. The molecule has 3 aromatic carbocycles. The van der Waals surface area contributed by atoms with E-state index in [4.69, 9.17) is 0 Å². The summed E-state index contributed by atoms with van der Waals surface area (Å²) in [6, 6.07) is 18.4. The normalized spacial score (nSPS) is 16.0. The van der Waals surface area contributed by atoms with E-state index in [-0.39, 0.29) is 5.41 Å². The Morgan fingerprint density at radius 2 is 1.59 bits per heavy atom. The Hall–Kier alpha value is -2.60. The molecule has 27 heavy (non-hydrogen) atoms. The van der Waals surface area contributed by atoms with E-state index < -0.39 is 0 Å². The molecule has 0 nitrogen and oxygen atoms in total. The van der Waals surface area contributed by atoms with Crippen molar-refractivity contribution < 1.29 is 0 Å². The van der Waals surface area contributed by atoms with Gasteiger partial charge in [-0.2, -0.15) is 0 Å². The molecule has 2 aliphatic carbocycles. The lowest BCUT2D eigenvalue weighted by Crippen LogP contribution is -2.15. The minimum Gasteiger partial charge on any atom is -0.0836 e. The molecule has 0 N–H and O–H groups in total. The van der Waals surface area contributed by atoms with Gasteiger partial charge in [-0.25, -0.2) is 0 Å². The molecular formula is C27H26.